The van der Waals surface area contributed by atoms with E-state index < -0.39 is 0 Å². The van der Waals surface area contributed by atoms with Gasteiger partial charge in [-0.05, 0) is 37.1 Å². The summed E-state index contributed by atoms with van der Waals surface area (Å²) in [6.45, 7) is 2.59. The van der Waals surface area contributed by atoms with E-state index in [2.05, 4.69) is 16.7 Å². The first-order chi connectivity index (χ1) is 9.24. The molecule has 19 heavy (non-hydrogen) atoms. The van der Waals surface area contributed by atoms with Crippen LogP contribution in [-0.4, -0.2) is 25.5 Å². The molecule has 1 heterocycles. The van der Waals surface area contributed by atoms with E-state index in [1.165, 1.54) is 17.7 Å². The second kappa shape index (κ2) is 7.04. The number of carbonyl (C=O) groups excluding carboxylic acids is 1. The first-order valence-corrected chi connectivity index (χ1v) is 6.64. The van der Waals surface area contributed by atoms with Gasteiger partial charge in [0.15, 0.2) is 0 Å². The second-order valence-electron chi connectivity index (χ2n) is 4.72. The molecular formula is C15H19FN2O. The monoisotopic (exact) mass is 262 g/mol. The fourth-order valence-corrected chi connectivity index (χ4v) is 2.15. The fourth-order valence-electron chi connectivity index (χ4n) is 2.15. The van der Waals surface area contributed by atoms with Crippen LogP contribution in [0.15, 0.2) is 35.9 Å². The minimum absolute atomic E-state index is 0.0554. The molecule has 0 unspecified atom stereocenters. The molecule has 0 aliphatic carbocycles. The van der Waals surface area contributed by atoms with E-state index in [4.69, 9.17) is 0 Å². The second-order valence-corrected chi connectivity index (χ2v) is 4.72. The maximum absolute atomic E-state index is 13.0. The Kier molecular flexibility index (Phi) is 5.10. The summed E-state index contributed by atoms with van der Waals surface area (Å²) in [4.78, 5) is 11.7. The zero-order valence-electron chi connectivity index (χ0n) is 10.9. The SMILES string of the molecule is O=C(Cc1cccc(F)c1)NCCC1=CCNCC1. The Morgan fingerprint density at radius 1 is 1.42 bits per heavy atom. The Labute approximate surface area is 112 Å². The lowest BCUT2D eigenvalue weighted by atomic mass is 10.1. The fraction of sp³-hybridized carbons (Fsp3) is 0.400. The van der Waals surface area contributed by atoms with Crippen LogP contribution in [-0.2, 0) is 11.2 Å². The molecule has 4 heteroatoms. The van der Waals surface area contributed by atoms with Crippen LogP contribution < -0.4 is 10.6 Å². The molecule has 0 saturated heterocycles. The van der Waals surface area contributed by atoms with E-state index in [-0.39, 0.29) is 18.1 Å². The minimum atomic E-state index is -0.301. The van der Waals surface area contributed by atoms with Gasteiger partial charge in [-0.25, -0.2) is 4.39 Å². The standard InChI is InChI=1S/C15H19FN2O/c16-14-3-1-2-13(10-14)11-15(19)18-9-6-12-4-7-17-8-5-12/h1-4,10,17H,5-9,11H2,(H,18,19). The Morgan fingerprint density at radius 3 is 3.05 bits per heavy atom. The molecular weight excluding hydrogens is 243 g/mol. The summed E-state index contributed by atoms with van der Waals surface area (Å²) in [7, 11) is 0. The smallest absolute Gasteiger partial charge is 0.224 e. The van der Waals surface area contributed by atoms with Gasteiger partial charge in [0.1, 0.15) is 5.82 Å². The summed E-state index contributed by atoms with van der Waals surface area (Å²) in [5.74, 6) is -0.356. The average Bonchev–Trinajstić information content (AvgIpc) is 2.40. The topological polar surface area (TPSA) is 41.1 Å². The molecule has 2 N–H and O–H groups in total. The molecule has 0 saturated carbocycles. The van der Waals surface area contributed by atoms with E-state index in [0.29, 0.717) is 12.1 Å². The molecule has 0 bridgehead atoms. The van der Waals surface area contributed by atoms with Crippen molar-refractivity contribution in [3.8, 4) is 0 Å². The number of halogens is 1. The number of amides is 1. The summed E-state index contributed by atoms with van der Waals surface area (Å²) in [6.07, 6.45) is 4.37. The lowest BCUT2D eigenvalue weighted by molar-refractivity contribution is -0.120. The van der Waals surface area contributed by atoms with Crippen LogP contribution in [0.2, 0.25) is 0 Å². The number of nitrogens with one attached hydrogen (secondary N) is 2. The molecule has 1 aliphatic heterocycles. The highest BCUT2D eigenvalue weighted by Gasteiger charge is 2.06. The Hall–Kier alpha value is -1.68. The molecule has 0 fully saturated rings. The molecule has 0 spiro atoms. The Morgan fingerprint density at radius 2 is 2.32 bits per heavy atom. The van der Waals surface area contributed by atoms with E-state index in [9.17, 15) is 9.18 Å². The van der Waals surface area contributed by atoms with E-state index >= 15 is 0 Å². The van der Waals surface area contributed by atoms with Gasteiger partial charge in [-0.3, -0.25) is 4.79 Å². The number of carbonyl (C=O) groups is 1. The van der Waals surface area contributed by atoms with Crippen LogP contribution in [0.1, 0.15) is 18.4 Å². The summed E-state index contributed by atoms with van der Waals surface area (Å²) in [5, 5.41) is 6.13. The molecule has 0 aromatic heterocycles. The predicted octanol–water partition coefficient (Wildman–Crippen LogP) is 1.79. The van der Waals surface area contributed by atoms with Gasteiger partial charge in [-0.15, -0.1) is 0 Å². The van der Waals surface area contributed by atoms with Crippen molar-refractivity contribution in [2.75, 3.05) is 19.6 Å². The van der Waals surface area contributed by atoms with Crippen LogP contribution >= 0.6 is 0 Å². The van der Waals surface area contributed by atoms with Gasteiger partial charge in [0, 0.05) is 13.1 Å². The zero-order chi connectivity index (χ0) is 13.5. The van der Waals surface area contributed by atoms with Gasteiger partial charge < -0.3 is 10.6 Å². The van der Waals surface area contributed by atoms with E-state index in [0.717, 1.165) is 25.9 Å². The van der Waals surface area contributed by atoms with E-state index in [1.54, 1.807) is 12.1 Å². The van der Waals surface area contributed by atoms with Gasteiger partial charge in [0.05, 0.1) is 6.42 Å². The van der Waals surface area contributed by atoms with Crippen molar-refractivity contribution in [1.29, 1.82) is 0 Å². The van der Waals surface area contributed by atoms with Crippen molar-refractivity contribution in [3.63, 3.8) is 0 Å². The predicted molar refractivity (Wildman–Crippen MR) is 73.3 cm³/mol. The van der Waals surface area contributed by atoms with Crippen LogP contribution in [0.25, 0.3) is 0 Å². The highest BCUT2D eigenvalue weighted by Crippen LogP contribution is 2.08. The molecule has 0 radical (unpaired) electrons. The van der Waals surface area contributed by atoms with Gasteiger partial charge in [0.25, 0.3) is 0 Å². The van der Waals surface area contributed by atoms with Crippen molar-refractivity contribution >= 4 is 5.91 Å². The molecule has 1 aliphatic rings. The number of benzene rings is 1. The Balaban J connectivity index is 1.71. The third-order valence-corrected chi connectivity index (χ3v) is 3.18. The van der Waals surface area contributed by atoms with Gasteiger partial charge >= 0.3 is 0 Å². The maximum Gasteiger partial charge on any atom is 0.224 e. The zero-order valence-corrected chi connectivity index (χ0v) is 10.9. The van der Waals surface area contributed by atoms with Crippen LogP contribution in [0, 0.1) is 5.82 Å². The van der Waals surface area contributed by atoms with Crippen LogP contribution in [0.4, 0.5) is 4.39 Å². The minimum Gasteiger partial charge on any atom is -0.355 e. The molecule has 1 aromatic carbocycles. The maximum atomic E-state index is 13.0. The summed E-state index contributed by atoms with van der Waals surface area (Å²) in [5.41, 5.74) is 2.10. The third kappa shape index (κ3) is 4.83. The first-order valence-electron chi connectivity index (χ1n) is 6.64. The molecule has 2 rings (SSSR count). The first kappa shape index (κ1) is 13.7. The largest absolute Gasteiger partial charge is 0.355 e. The summed E-state index contributed by atoms with van der Waals surface area (Å²) >= 11 is 0. The van der Waals surface area contributed by atoms with Gasteiger partial charge in [-0.2, -0.15) is 0 Å². The highest BCUT2D eigenvalue weighted by atomic mass is 19.1. The van der Waals surface area contributed by atoms with E-state index in [1.807, 2.05) is 0 Å². The lowest BCUT2D eigenvalue weighted by Crippen LogP contribution is -2.27. The molecule has 3 nitrogen and oxygen atoms in total. The lowest BCUT2D eigenvalue weighted by Gasteiger charge is -2.14. The number of hydrogen-bond acceptors (Lipinski definition) is 2. The highest BCUT2D eigenvalue weighted by molar-refractivity contribution is 5.78. The normalized spacial score (nSPS) is 14.9. The molecule has 1 aromatic rings. The quantitative estimate of drug-likeness (QED) is 0.794. The average molecular weight is 262 g/mol. The van der Waals surface area contributed by atoms with Crippen molar-refractivity contribution in [2.24, 2.45) is 0 Å². The molecule has 0 atom stereocenters. The van der Waals surface area contributed by atoms with Gasteiger partial charge in [-0.1, -0.05) is 23.8 Å². The summed E-state index contributed by atoms with van der Waals surface area (Å²) in [6, 6.07) is 6.16. The molecule has 1 amide bonds. The molecule has 102 valence electrons. The number of hydrogen-bond donors (Lipinski definition) is 2. The third-order valence-electron chi connectivity index (χ3n) is 3.18. The van der Waals surface area contributed by atoms with Crippen molar-refractivity contribution in [2.45, 2.75) is 19.3 Å². The van der Waals surface area contributed by atoms with Gasteiger partial charge in [0.2, 0.25) is 5.91 Å². The number of rotatable bonds is 5. The Bertz CT molecular complexity index is 471. The van der Waals surface area contributed by atoms with Crippen LogP contribution in [0.5, 0.6) is 0 Å². The van der Waals surface area contributed by atoms with Crippen LogP contribution in [0.3, 0.4) is 0 Å². The van der Waals surface area contributed by atoms with Crippen molar-refractivity contribution in [3.05, 3.63) is 47.3 Å². The van der Waals surface area contributed by atoms with Crippen molar-refractivity contribution < 1.29 is 9.18 Å². The van der Waals surface area contributed by atoms with Crippen molar-refractivity contribution in [1.82, 2.24) is 10.6 Å². The summed E-state index contributed by atoms with van der Waals surface area (Å²) < 4.78 is 13.0.